The van der Waals surface area contributed by atoms with E-state index in [1.165, 1.54) is 12.1 Å². The molecule has 1 aromatic carbocycles. The van der Waals surface area contributed by atoms with E-state index in [1.54, 1.807) is 12.1 Å². The number of aliphatic carboxylic acids is 1. The maximum Gasteiger partial charge on any atom is 0.311 e. The summed E-state index contributed by atoms with van der Waals surface area (Å²) in [5.41, 5.74) is 0.199. The van der Waals surface area contributed by atoms with Crippen LogP contribution >= 0.6 is 15.9 Å². The van der Waals surface area contributed by atoms with E-state index < -0.39 is 24.0 Å². The van der Waals surface area contributed by atoms with Crippen LogP contribution in [0.1, 0.15) is 16.8 Å². The average Bonchev–Trinajstić information content (AvgIpc) is 2.17. The lowest BCUT2D eigenvalue weighted by atomic mass is 10.1. The number of Topliss-reactive ketones (excluding diaryl/α,β-unsaturated/α-hetero) is 2. The van der Waals surface area contributed by atoms with E-state index in [9.17, 15) is 14.4 Å². The summed E-state index contributed by atoms with van der Waals surface area (Å²) in [7, 11) is 0. The molecule has 0 heterocycles. The Bertz CT molecular complexity index is 408. The van der Waals surface area contributed by atoms with Gasteiger partial charge in [-0.3, -0.25) is 14.4 Å². The molecule has 0 aliphatic heterocycles. The Labute approximate surface area is 94.0 Å². The third-order valence-corrected chi connectivity index (χ3v) is 2.20. The van der Waals surface area contributed by atoms with Crippen molar-refractivity contribution in [3.05, 3.63) is 34.3 Å². The molecule has 0 unspecified atom stereocenters. The molecule has 0 aliphatic carbocycles. The number of hydrogen-bond acceptors (Lipinski definition) is 3. The average molecular weight is 271 g/mol. The molecule has 1 N–H and O–H groups in total. The summed E-state index contributed by atoms with van der Waals surface area (Å²) < 4.78 is 0.782. The van der Waals surface area contributed by atoms with Crippen molar-refractivity contribution in [2.45, 2.75) is 6.42 Å². The molecule has 78 valence electrons. The topological polar surface area (TPSA) is 71.4 Å². The van der Waals surface area contributed by atoms with Crippen molar-refractivity contribution in [3.63, 3.8) is 0 Å². The van der Waals surface area contributed by atoms with Crippen LogP contribution in [0.15, 0.2) is 28.7 Å². The lowest BCUT2D eigenvalue weighted by molar-refractivity contribution is -0.139. The molecular formula is C10H7BrO4. The van der Waals surface area contributed by atoms with Crippen LogP contribution in [0, 0.1) is 0 Å². The molecule has 0 amide bonds. The van der Waals surface area contributed by atoms with Gasteiger partial charge in [0.2, 0.25) is 11.6 Å². The standard InChI is InChI=1S/C10H7BrO4/c11-7-3-1-6(2-4-7)10(15)8(12)5-9(13)14/h1-4H,5H2,(H,13,14). The van der Waals surface area contributed by atoms with Crippen molar-refractivity contribution >= 4 is 33.5 Å². The second-order valence-electron chi connectivity index (χ2n) is 2.83. The number of carbonyl (C=O) groups is 3. The van der Waals surface area contributed by atoms with E-state index in [4.69, 9.17) is 5.11 Å². The molecular weight excluding hydrogens is 264 g/mol. The summed E-state index contributed by atoms with van der Waals surface area (Å²) in [6, 6.07) is 6.15. The van der Waals surface area contributed by atoms with Crippen molar-refractivity contribution < 1.29 is 19.5 Å². The smallest absolute Gasteiger partial charge is 0.311 e. The molecule has 0 atom stereocenters. The lowest BCUT2D eigenvalue weighted by Gasteiger charge is -1.98. The largest absolute Gasteiger partial charge is 0.481 e. The van der Waals surface area contributed by atoms with Gasteiger partial charge in [0, 0.05) is 10.0 Å². The second-order valence-corrected chi connectivity index (χ2v) is 3.75. The summed E-state index contributed by atoms with van der Waals surface area (Å²) in [4.78, 5) is 32.7. The van der Waals surface area contributed by atoms with E-state index in [2.05, 4.69) is 15.9 Å². The molecule has 0 spiro atoms. The highest BCUT2D eigenvalue weighted by molar-refractivity contribution is 9.10. The number of carboxylic acids is 1. The molecule has 0 fully saturated rings. The minimum atomic E-state index is -1.30. The highest BCUT2D eigenvalue weighted by atomic mass is 79.9. The zero-order chi connectivity index (χ0) is 11.4. The highest BCUT2D eigenvalue weighted by Crippen LogP contribution is 2.11. The van der Waals surface area contributed by atoms with Crippen molar-refractivity contribution in [1.82, 2.24) is 0 Å². The minimum absolute atomic E-state index is 0.199. The lowest BCUT2D eigenvalue weighted by Crippen LogP contribution is -2.17. The van der Waals surface area contributed by atoms with E-state index in [1.807, 2.05) is 0 Å². The van der Waals surface area contributed by atoms with Gasteiger partial charge in [-0.1, -0.05) is 15.9 Å². The van der Waals surface area contributed by atoms with E-state index in [0.717, 1.165) is 4.47 Å². The van der Waals surface area contributed by atoms with E-state index in [0.29, 0.717) is 0 Å². The summed E-state index contributed by atoms with van der Waals surface area (Å²) in [6.07, 6.45) is -0.769. The third kappa shape index (κ3) is 3.28. The van der Waals surface area contributed by atoms with Crippen LogP contribution in [0.4, 0.5) is 0 Å². The Hall–Kier alpha value is -1.49. The fraction of sp³-hybridized carbons (Fsp3) is 0.100. The summed E-state index contributed by atoms with van der Waals surface area (Å²) in [5, 5.41) is 8.34. The monoisotopic (exact) mass is 270 g/mol. The predicted molar refractivity (Wildman–Crippen MR) is 55.7 cm³/mol. The van der Waals surface area contributed by atoms with Crippen LogP contribution in [0.25, 0.3) is 0 Å². The summed E-state index contributed by atoms with van der Waals surface area (Å²) >= 11 is 3.18. The van der Waals surface area contributed by atoms with E-state index in [-0.39, 0.29) is 5.56 Å². The van der Waals surface area contributed by atoms with Crippen LogP contribution in [0.2, 0.25) is 0 Å². The molecule has 0 saturated carbocycles. The van der Waals surface area contributed by atoms with Crippen LogP contribution in [-0.4, -0.2) is 22.6 Å². The van der Waals surface area contributed by atoms with Gasteiger partial charge >= 0.3 is 5.97 Å². The Morgan fingerprint density at radius 2 is 1.67 bits per heavy atom. The van der Waals surface area contributed by atoms with Gasteiger partial charge in [0.05, 0.1) is 0 Å². The highest BCUT2D eigenvalue weighted by Gasteiger charge is 2.18. The van der Waals surface area contributed by atoms with Crippen molar-refractivity contribution in [1.29, 1.82) is 0 Å². The zero-order valence-corrected chi connectivity index (χ0v) is 9.15. The molecule has 0 saturated heterocycles. The van der Waals surface area contributed by atoms with Gasteiger partial charge in [0.1, 0.15) is 6.42 Å². The van der Waals surface area contributed by atoms with E-state index >= 15 is 0 Å². The molecule has 0 aliphatic rings. The quantitative estimate of drug-likeness (QED) is 0.513. The number of halogens is 1. The summed E-state index contributed by atoms with van der Waals surface area (Å²) in [6.45, 7) is 0. The molecule has 0 aromatic heterocycles. The van der Waals surface area contributed by atoms with Crippen molar-refractivity contribution in [3.8, 4) is 0 Å². The van der Waals surface area contributed by atoms with Crippen molar-refractivity contribution in [2.24, 2.45) is 0 Å². The fourth-order valence-electron chi connectivity index (χ4n) is 0.980. The number of benzene rings is 1. The van der Waals surface area contributed by atoms with Crippen molar-refractivity contribution in [2.75, 3.05) is 0 Å². The molecule has 4 nitrogen and oxygen atoms in total. The SMILES string of the molecule is O=C(O)CC(=O)C(=O)c1ccc(Br)cc1. The first-order valence-corrected chi connectivity index (χ1v) is 4.85. The van der Waals surface area contributed by atoms with Gasteiger partial charge in [-0.25, -0.2) is 0 Å². The molecule has 5 heteroatoms. The Morgan fingerprint density at radius 3 is 2.13 bits per heavy atom. The van der Waals surface area contributed by atoms with Crippen LogP contribution in [0.3, 0.4) is 0 Å². The zero-order valence-electron chi connectivity index (χ0n) is 7.57. The van der Waals surface area contributed by atoms with Gasteiger partial charge in [-0.15, -0.1) is 0 Å². The number of carbonyl (C=O) groups excluding carboxylic acids is 2. The van der Waals surface area contributed by atoms with Gasteiger partial charge in [0.25, 0.3) is 0 Å². The number of ketones is 2. The maximum absolute atomic E-state index is 11.4. The van der Waals surface area contributed by atoms with Gasteiger partial charge in [-0.05, 0) is 24.3 Å². The predicted octanol–water partition coefficient (Wildman–Crippen LogP) is 1.68. The van der Waals surface area contributed by atoms with Gasteiger partial charge in [-0.2, -0.15) is 0 Å². The molecule has 1 rings (SSSR count). The van der Waals surface area contributed by atoms with Gasteiger partial charge in [0.15, 0.2) is 0 Å². The number of rotatable bonds is 4. The minimum Gasteiger partial charge on any atom is -0.481 e. The maximum atomic E-state index is 11.4. The van der Waals surface area contributed by atoms with Crippen LogP contribution < -0.4 is 0 Å². The van der Waals surface area contributed by atoms with Gasteiger partial charge < -0.3 is 5.11 Å². The second kappa shape index (κ2) is 4.84. The third-order valence-electron chi connectivity index (χ3n) is 1.67. The molecule has 1 aromatic rings. The first-order valence-electron chi connectivity index (χ1n) is 4.05. The fourth-order valence-corrected chi connectivity index (χ4v) is 1.24. The Morgan fingerprint density at radius 1 is 1.13 bits per heavy atom. The molecule has 15 heavy (non-hydrogen) atoms. The first-order chi connectivity index (χ1) is 7.00. The van der Waals surface area contributed by atoms with Crippen LogP contribution in [0.5, 0.6) is 0 Å². The Balaban J connectivity index is 2.81. The molecule has 0 bridgehead atoms. The summed E-state index contributed by atoms with van der Waals surface area (Å²) in [5.74, 6) is -2.99. The number of hydrogen-bond donors (Lipinski definition) is 1. The first kappa shape index (κ1) is 11.6. The Kier molecular flexibility index (Phi) is 3.74. The molecule has 0 radical (unpaired) electrons. The normalized spacial score (nSPS) is 9.67. The van der Waals surface area contributed by atoms with Crippen LogP contribution in [-0.2, 0) is 9.59 Å². The number of carboxylic acid groups (broad SMARTS) is 1.